The Labute approximate surface area is 166 Å². The van der Waals surface area contributed by atoms with Crippen molar-refractivity contribution in [2.45, 2.75) is 31.7 Å². The first-order chi connectivity index (χ1) is 12.1. The molecule has 1 aliphatic rings. The second-order valence-electron chi connectivity index (χ2n) is 7.22. The number of nitrogens with one attached hydrogen (secondary N) is 1. The Kier molecular flexibility index (Phi) is 8.06. The molecule has 2 rings (SSSR count). The fraction of sp³-hybridized carbons (Fsp3) is 0.588. The summed E-state index contributed by atoms with van der Waals surface area (Å²) in [5.74, 6) is -0.160. The number of ether oxygens (including phenoxy) is 2. The highest BCUT2D eigenvalue weighted by Crippen LogP contribution is 2.30. The number of anilines is 1. The number of nitrogens with two attached hydrogens (primary N) is 1. The molecule has 0 bridgehead atoms. The number of methoxy groups -OCH3 is 1. The van der Waals surface area contributed by atoms with E-state index in [2.05, 4.69) is 5.32 Å². The summed E-state index contributed by atoms with van der Waals surface area (Å²) in [7, 11) is -2.36. The van der Waals surface area contributed by atoms with Crippen LogP contribution in [0.1, 0.15) is 20.8 Å². The summed E-state index contributed by atoms with van der Waals surface area (Å²) in [6.45, 7) is 6.82. The molecule has 27 heavy (non-hydrogen) atoms. The zero-order valence-electron chi connectivity index (χ0n) is 16.0. The van der Waals surface area contributed by atoms with Gasteiger partial charge in [-0.05, 0) is 23.6 Å². The van der Waals surface area contributed by atoms with Gasteiger partial charge in [0.15, 0.2) is 0 Å². The van der Waals surface area contributed by atoms with Crippen LogP contribution >= 0.6 is 12.4 Å². The van der Waals surface area contributed by atoms with Crippen molar-refractivity contribution in [2.75, 3.05) is 38.7 Å². The molecule has 154 valence electrons. The second-order valence-corrected chi connectivity index (χ2v) is 9.12. The molecule has 0 spiro atoms. The van der Waals surface area contributed by atoms with Gasteiger partial charge in [-0.3, -0.25) is 4.79 Å². The Morgan fingerprint density at radius 3 is 2.41 bits per heavy atom. The van der Waals surface area contributed by atoms with E-state index in [1.54, 1.807) is 6.07 Å². The maximum absolute atomic E-state index is 13.0. The Morgan fingerprint density at radius 2 is 1.89 bits per heavy atom. The van der Waals surface area contributed by atoms with Gasteiger partial charge in [0.1, 0.15) is 10.6 Å². The van der Waals surface area contributed by atoms with Gasteiger partial charge in [0.25, 0.3) is 0 Å². The normalized spacial score (nSPS) is 16.9. The van der Waals surface area contributed by atoms with Gasteiger partial charge < -0.3 is 20.5 Å². The highest BCUT2D eigenvalue weighted by molar-refractivity contribution is 7.89. The molecule has 0 unspecified atom stereocenters. The van der Waals surface area contributed by atoms with Crippen LogP contribution in [0.25, 0.3) is 0 Å². The van der Waals surface area contributed by atoms with Crippen LogP contribution in [0.5, 0.6) is 5.75 Å². The number of nitrogens with zero attached hydrogens (tertiary/aromatic N) is 1. The first kappa shape index (κ1) is 23.6. The molecule has 1 aromatic rings. The monoisotopic (exact) mass is 421 g/mol. The van der Waals surface area contributed by atoms with Crippen LogP contribution in [-0.4, -0.2) is 58.1 Å². The molecule has 0 saturated carbocycles. The van der Waals surface area contributed by atoms with Crippen molar-refractivity contribution in [3.05, 3.63) is 18.2 Å². The molecular weight excluding hydrogens is 394 g/mol. The first-order valence-corrected chi connectivity index (χ1v) is 9.84. The molecule has 0 aliphatic carbocycles. The standard InChI is InChI=1S/C17H27N3O5S.ClH/c1-17(2,3)15(18)16(21)19-12-5-6-13(24-4)14(11-12)26(22,23)20-7-9-25-10-8-20;/h5-6,11,15H,7-10,18H2,1-4H3,(H,19,21);1H/t15-;/m1./s1. The third-order valence-corrected chi connectivity index (χ3v) is 6.15. The number of benzene rings is 1. The van der Waals surface area contributed by atoms with E-state index in [-0.39, 0.29) is 42.0 Å². The topological polar surface area (TPSA) is 111 Å². The number of sulfonamides is 1. The van der Waals surface area contributed by atoms with Gasteiger partial charge in [-0.2, -0.15) is 4.31 Å². The lowest BCUT2D eigenvalue weighted by atomic mass is 9.87. The summed E-state index contributed by atoms with van der Waals surface area (Å²) < 4.78 is 37.7. The fourth-order valence-electron chi connectivity index (χ4n) is 2.50. The van der Waals surface area contributed by atoms with E-state index in [4.69, 9.17) is 15.2 Å². The number of amides is 1. The lowest BCUT2D eigenvalue weighted by Crippen LogP contribution is -2.45. The number of carbonyl (C=O) groups is 1. The van der Waals surface area contributed by atoms with E-state index in [0.717, 1.165) is 0 Å². The number of rotatable bonds is 5. The lowest BCUT2D eigenvalue weighted by molar-refractivity contribution is -0.119. The van der Waals surface area contributed by atoms with E-state index < -0.39 is 21.5 Å². The third kappa shape index (κ3) is 5.55. The van der Waals surface area contributed by atoms with Crippen LogP contribution in [0.2, 0.25) is 0 Å². The predicted molar refractivity (Wildman–Crippen MR) is 106 cm³/mol. The molecule has 1 saturated heterocycles. The summed E-state index contributed by atoms with van der Waals surface area (Å²) >= 11 is 0. The van der Waals surface area contributed by atoms with Gasteiger partial charge in [0.05, 0.1) is 26.4 Å². The van der Waals surface area contributed by atoms with E-state index >= 15 is 0 Å². The molecule has 1 atom stereocenters. The average molecular weight is 422 g/mol. The number of hydrogen-bond acceptors (Lipinski definition) is 6. The average Bonchev–Trinajstić information content (AvgIpc) is 2.60. The summed E-state index contributed by atoms with van der Waals surface area (Å²) in [5.41, 5.74) is 5.89. The molecule has 8 nitrogen and oxygen atoms in total. The fourth-order valence-corrected chi connectivity index (χ4v) is 4.08. The molecule has 3 N–H and O–H groups in total. The van der Waals surface area contributed by atoms with Crippen molar-refractivity contribution in [2.24, 2.45) is 11.1 Å². The van der Waals surface area contributed by atoms with Crippen molar-refractivity contribution >= 4 is 34.0 Å². The number of morpholine rings is 1. The minimum Gasteiger partial charge on any atom is -0.495 e. The SMILES string of the molecule is COc1ccc(NC(=O)[C@@H](N)C(C)(C)C)cc1S(=O)(=O)N1CCOCC1.Cl. The van der Waals surface area contributed by atoms with Gasteiger partial charge in [-0.15, -0.1) is 12.4 Å². The van der Waals surface area contributed by atoms with Crippen molar-refractivity contribution in [1.29, 1.82) is 0 Å². The van der Waals surface area contributed by atoms with Crippen molar-refractivity contribution in [1.82, 2.24) is 4.31 Å². The highest BCUT2D eigenvalue weighted by atomic mass is 35.5. The molecule has 1 aliphatic heterocycles. The first-order valence-electron chi connectivity index (χ1n) is 8.40. The van der Waals surface area contributed by atoms with E-state index in [9.17, 15) is 13.2 Å². The van der Waals surface area contributed by atoms with Crippen molar-refractivity contribution in [3.63, 3.8) is 0 Å². The summed E-state index contributed by atoms with van der Waals surface area (Å²) in [5, 5.41) is 2.69. The summed E-state index contributed by atoms with van der Waals surface area (Å²) in [6.07, 6.45) is 0. The third-order valence-electron chi connectivity index (χ3n) is 4.23. The van der Waals surface area contributed by atoms with Crippen LogP contribution in [0.15, 0.2) is 23.1 Å². The van der Waals surface area contributed by atoms with Gasteiger partial charge >= 0.3 is 0 Å². The molecule has 1 amide bonds. The predicted octanol–water partition coefficient (Wildman–Crippen LogP) is 1.45. The van der Waals surface area contributed by atoms with Crippen LogP contribution in [0, 0.1) is 5.41 Å². The molecule has 1 fully saturated rings. The summed E-state index contributed by atoms with van der Waals surface area (Å²) in [6, 6.07) is 3.77. The molecule has 1 heterocycles. The quantitative estimate of drug-likeness (QED) is 0.744. The van der Waals surface area contributed by atoms with Gasteiger partial charge in [-0.1, -0.05) is 20.8 Å². The van der Waals surface area contributed by atoms with Gasteiger partial charge in [0.2, 0.25) is 15.9 Å². The van der Waals surface area contributed by atoms with Crippen molar-refractivity contribution < 1.29 is 22.7 Å². The maximum Gasteiger partial charge on any atom is 0.246 e. The Bertz CT molecular complexity index is 758. The molecule has 0 radical (unpaired) electrons. The zero-order chi connectivity index (χ0) is 19.5. The molecule has 10 heteroatoms. The summed E-state index contributed by atoms with van der Waals surface area (Å²) in [4.78, 5) is 12.3. The minimum absolute atomic E-state index is 0. The van der Waals surface area contributed by atoms with Crippen LogP contribution in [0.4, 0.5) is 5.69 Å². The smallest absolute Gasteiger partial charge is 0.246 e. The van der Waals surface area contributed by atoms with E-state index in [0.29, 0.717) is 18.9 Å². The van der Waals surface area contributed by atoms with Crippen LogP contribution in [0.3, 0.4) is 0 Å². The van der Waals surface area contributed by atoms with E-state index in [1.807, 2.05) is 20.8 Å². The lowest BCUT2D eigenvalue weighted by Gasteiger charge is -2.27. The number of hydrogen-bond donors (Lipinski definition) is 2. The van der Waals surface area contributed by atoms with Gasteiger partial charge in [-0.25, -0.2) is 8.42 Å². The highest BCUT2D eigenvalue weighted by Gasteiger charge is 2.31. The number of halogens is 1. The largest absolute Gasteiger partial charge is 0.495 e. The Morgan fingerprint density at radius 1 is 1.30 bits per heavy atom. The van der Waals surface area contributed by atoms with Crippen molar-refractivity contribution in [3.8, 4) is 5.75 Å². The zero-order valence-corrected chi connectivity index (χ0v) is 17.7. The van der Waals surface area contributed by atoms with Gasteiger partial charge in [0, 0.05) is 18.8 Å². The molecule has 1 aromatic carbocycles. The van der Waals surface area contributed by atoms with E-state index in [1.165, 1.54) is 23.5 Å². The minimum atomic E-state index is -3.77. The Hall–Kier alpha value is -1.39. The number of carbonyl (C=O) groups excluding carboxylic acids is 1. The molecular formula is C17H28ClN3O5S. The maximum atomic E-state index is 13.0. The van der Waals surface area contributed by atoms with Crippen LogP contribution < -0.4 is 15.8 Å². The second kappa shape index (κ2) is 9.20. The molecule has 0 aromatic heterocycles. The van der Waals surface area contributed by atoms with Crippen LogP contribution in [-0.2, 0) is 19.6 Å². The Balaban J connectivity index is 0.00000364.